The number of hydrogen-bond donors (Lipinski definition) is 1. The lowest BCUT2D eigenvalue weighted by Gasteiger charge is -2.12. The molecule has 5 nitrogen and oxygen atoms in total. The van der Waals surface area contributed by atoms with Crippen LogP contribution in [0.1, 0.15) is 5.56 Å². The summed E-state index contributed by atoms with van der Waals surface area (Å²) in [5.74, 6) is 0.771. The van der Waals surface area contributed by atoms with Crippen molar-refractivity contribution in [2.45, 2.75) is 19.6 Å². The summed E-state index contributed by atoms with van der Waals surface area (Å²) in [5.41, 5.74) is 1.13. The monoisotopic (exact) mass is 233 g/mol. The Hall–Kier alpha value is -1.88. The Labute approximate surface area is 99.7 Å². The molecule has 2 aromatic rings. The highest BCUT2D eigenvalue weighted by molar-refractivity contribution is 5.27. The zero-order chi connectivity index (χ0) is 12.1. The van der Waals surface area contributed by atoms with Gasteiger partial charge in [0.2, 0.25) is 0 Å². The normalized spacial score (nSPS) is 12.4. The second-order valence-electron chi connectivity index (χ2n) is 3.94. The summed E-state index contributed by atoms with van der Waals surface area (Å²) in [6.07, 6.45) is 2.55. The summed E-state index contributed by atoms with van der Waals surface area (Å²) in [6.45, 7) is 2.68. The molecule has 0 aliphatic heterocycles. The van der Waals surface area contributed by atoms with Gasteiger partial charge in [-0.25, -0.2) is 0 Å². The van der Waals surface area contributed by atoms with Crippen molar-refractivity contribution < 1.29 is 9.84 Å². The highest BCUT2D eigenvalue weighted by Crippen LogP contribution is 2.12. The summed E-state index contributed by atoms with van der Waals surface area (Å²) < 4.78 is 7.21. The molecule has 0 saturated carbocycles. The number of aromatic nitrogens is 3. The number of rotatable bonds is 5. The summed E-state index contributed by atoms with van der Waals surface area (Å²) in [5, 5.41) is 17.1. The van der Waals surface area contributed by atoms with Crippen molar-refractivity contribution in [1.82, 2.24) is 14.8 Å². The summed E-state index contributed by atoms with van der Waals surface area (Å²) in [7, 11) is 0. The van der Waals surface area contributed by atoms with Crippen LogP contribution in [0.4, 0.5) is 0 Å². The molecule has 1 aromatic carbocycles. The van der Waals surface area contributed by atoms with Gasteiger partial charge in [-0.2, -0.15) is 0 Å². The minimum Gasteiger partial charge on any atom is -0.491 e. The van der Waals surface area contributed by atoms with E-state index in [1.165, 1.54) is 0 Å². The highest BCUT2D eigenvalue weighted by Gasteiger charge is 2.06. The van der Waals surface area contributed by atoms with E-state index < -0.39 is 6.10 Å². The summed E-state index contributed by atoms with van der Waals surface area (Å²) >= 11 is 0. The third kappa shape index (κ3) is 3.57. The third-order valence-corrected chi connectivity index (χ3v) is 2.32. The zero-order valence-corrected chi connectivity index (χ0v) is 9.65. The van der Waals surface area contributed by atoms with Crippen LogP contribution in [-0.2, 0) is 6.54 Å². The Bertz CT molecular complexity index is 457. The number of aryl methyl sites for hydroxylation is 1. The summed E-state index contributed by atoms with van der Waals surface area (Å²) in [4.78, 5) is 0. The quantitative estimate of drug-likeness (QED) is 0.837. The van der Waals surface area contributed by atoms with Gasteiger partial charge in [-0.15, -0.1) is 10.2 Å². The molecular weight excluding hydrogens is 218 g/mol. The molecule has 0 saturated heterocycles. The van der Waals surface area contributed by atoms with E-state index in [4.69, 9.17) is 4.74 Å². The maximum atomic E-state index is 9.75. The second kappa shape index (κ2) is 5.45. The number of benzene rings is 1. The molecule has 0 aliphatic carbocycles. The molecule has 2 rings (SSSR count). The predicted molar refractivity (Wildman–Crippen MR) is 62.7 cm³/mol. The lowest BCUT2D eigenvalue weighted by atomic mass is 10.2. The van der Waals surface area contributed by atoms with E-state index in [2.05, 4.69) is 10.2 Å². The summed E-state index contributed by atoms with van der Waals surface area (Å²) in [6, 6.07) is 7.74. The van der Waals surface area contributed by atoms with Crippen LogP contribution in [0.5, 0.6) is 5.75 Å². The van der Waals surface area contributed by atoms with Gasteiger partial charge < -0.3 is 14.4 Å². The van der Waals surface area contributed by atoms with Gasteiger partial charge in [-0.05, 0) is 24.6 Å². The van der Waals surface area contributed by atoms with Gasteiger partial charge in [0.05, 0.1) is 6.54 Å². The first-order valence-electron chi connectivity index (χ1n) is 5.44. The fraction of sp³-hybridized carbons (Fsp3) is 0.333. The molecule has 0 aliphatic rings. The molecule has 1 N–H and O–H groups in total. The van der Waals surface area contributed by atoms with Crippen LogP contribution in [0, 0.1) is 6.92 Å². The molecule has 0 radical (unpaired) electrons. The van der Waals surface area contributed by atoms with Gasteiger partial charge in [0.15, 0.2) is 0 Å². The van der Waals surface area contributed by atoms with Gasteiger partial charge in [0.1, 0.15) is 31.1 Å². The Kier molecular flexibility index (Phi) is 3.72. The van der Waals surface area contributed by atoms with Crippen LogP contribution in [-0.4, -0.2) is 32.6 Å². The second-order valence-corrected chi connectivity index (χ2v) is 3.94. The molecule has 1 heterocycles. The predicted octanol–water partition coefficient (Wildman–Crippen LogP) is 1.03. The van der Waals surface area contributed by atoms with Crippen LogP contribution in [0.25, 0.3) is 0 Å². The molecule has 1 atom stereocenters. The number of nitrogens with zero attached hydrogens (tertiary/aromatic N) is 3. The van der Waals surface area contributed by atoms with E-state index >= 15 is 0 Å². The van der Waals surface area contributed by atoms with Crippen LogP contribution in [0.3, 0.4) is 0 Å². The average Bonchev–Trinajstić information content (AvgIpc) is 2.79. The molecule has 5 heteroatoms. The fourth-order valence-corrected chi connectivity index (χ4v) is 1.51. The molecule has 1 aromatic heterocycles. The van der Waals surface area contributed by atoms with Gasteiger partial charge in [-0.1, -0.05) is 12.1 Å². The van der Waals surface area contributed by atoms with Crippen LogP contribution < -0.4 is 4.74 Å². The highest BCUT2D eigenvalue weighted by atomic mass is 16.5. The molecule has 0 fully saturated rings. The largest absolute Gasteiger partial charge is 0.491 e. The third-order valence-electron chi connectivity index (χ3n) is 2.32. The van der Waals surface area contributed by atoms with Crippen molar-refractivity contribution in [2.24, 2.45) is 0 Å². The topological polar surface area (TPSA) is 60.2 Å². The Morgan fingerprint density at radius 3 is 2.82 bits per heavy atom. The van der Waals surface area contributed by atoms with E-state index in [0.29, 0.717) is 6.54 Å². The van der Waals surface area contributed by atoms with E-state index in [-0.39, 0.29) is 6.61 Å². The van der Waals surface area contributed by atoms with Crippen molar-refractivity contribution in [3.05, 3.63) is 42.5 Å². The Morgan fingerprint density at radius 1 is 1.35 bits per heavy atom. The fourth-order valence-electron chi connectivity index (χ4n) is 1.51. The first-order chi connectivity index (χ1) is 8.24. The SMILES string of the molecule is Cc1cccc(OCC(O)Cn2cnnc2)c1. The molecule has 0 spiro atoms. The standard InChI is InChI=1S/C12H15N3O2/c1-10-3-2-4-12(5-10)17-7-11(16)6-15-8-13-14-9-15/h2-5,8-9,11,16H,6-7H2,1H3. The lowest BCUT2D eigenvalue weighted by Crippen LogP contribution is -2.23. The minimum atomic E-state index is -0.577. The number of aliphatic hydroxyl groups excluding tert-OH is 1. The van der Waals surface area contributed by atoms with Crippen LogP contribution in [0.2, 0.25) is 0 Å². The number of hydrogen-bond acceptors (Lipinski definition) is 4. The van der Waals surface area contributed by atoms with Gasteiger partial charge in [0.25, 0.3) is 0 Å². The average molecular weight is 233 g/mol. The van der Waals surface area contributed by atoms with Crippen molar-refractivity contribution in [3.8, 4) is 5.75 Å². The lowest BCUT2D eigenvalue weighted by molar-refractivity contribution is 0.0923. The number of ether oxygens (including phenoxy) is 1. The van der Waals surface area contributed by atoms with E-state index in [0.717, 1.165) is 11.3 Å². The Morgan fingerprint density at radius 2 is 2.12 bits per heavy atom. The molecule has 17 heavy (non-hydrogen) atoms. The molecule has 0 bridgehead atoms. The van der Waals surface area contributed by atoms with Crippen LogP contribution >= 0.6 is 0 Å². The van der Waals surface area contributed by atoms with Gasteiger partial charge in [0, 0.05) is 0 Å². The molecule has 1 unspecified atom stereocenters. The zero-order valence-electron chi connectivity index (χ0n) is 9.65. The maximum absolute atomic E-state index is 9.75. The van der Waals surface area contributed by atoms with Crippen LogP contribution in [0.15, 0.2) is 36.9 Å². The smallest absolute Gasteiger partial charge is 0.119 e. The first kappa shape index (κ1) is 11.6. The Balaban J connectivity index is 1.82. The first-order valence-corrected chi connectivity index (χ1v) is 5.44. The van der Waals surface area contributed by atoms with Crippen molar-refractivity contribution in [1.29, 1.82) is 0 Å². The van der Waals surface area contributed by atoms with Gasteiger partial charge >= 0.3 is 0 Å². The minimum absolute atomic E-state index is 0.252. The van der Waals surface area contributed by atoms with Crippen molar-refractivity contribution in [3.63, 3.8) is 0 Å². The maximum Gasteiger partial charge on any atom is 0.119 e. The molecule has 90 valence electrons. The van der Waals surface area contributed by atoms with E-state index in [1.54, 1.807) is 17.2 Å². The van der Waals surface area contributed by atoms with Crippen molar-refractivity contribution >= 4 is 0 Å². The molecular formula is C12H15N3O2. The van der Waals surface area contributed by atoms with E-state index in [9.17, 15) is 5.11 Å². The van der Waals surface area contributed by atoms with Gasteiger partial charge in [-0.3, -0.25) is 0 Å². The van der Waals surface area contributed by atoms with E-state index in [1.807, 2.05) is 31.2 Å². The number of aliphatic hydroxyl groups is 1. The van der Waals surface area contributed by atoms with Crippen molar-refractivity contribution in [2.75, 3.05) is 6.61 Å². The molecule has 0 amide bonds.